The number of rotatable bonds is 8. The highest BCUT2D eigenvalue weighted by molar-refractivity contribution is 7.92. The molecule has 0 atom stereocenters. The minimum absolute atomic E-state index is 0.0454. The van der Waals surface area contributed by atoms with Crippen LogP contribution in [-0.4, -0.2) is 31.3 Å². The second kappa shape index (κ2) is 10.6. The van der Waals surface area contributed by atoms with E-state index in [1.807, 2.05) is 39.5 Å². The van der Waals surface area contributed by atoms with E-state index < -0.39 is 10.0 Å². The fraction of sp³-hybridized carbons (Fsp3) is 0.296. The minimum atomic E-state index is -3.85. The van der Waals surface area contributed by atoms with Crippen molar-refractivity contribution < 1.29 is 13.2 Å². The average molecular weight is 499 g/mol. The van der Waals surface area contributed by atoms with Crippen LogP contribution in [0.2, 0.25) is 5.02 Å². The summed E-state index contributed by atoms with van der Waals surface area (Å²) in [6, 6.07) is 20.8. The molecule has 7 heteroatoms. The van der Waals surface area contributed by atoms with Gasteiger partial charge in [0.1, 0.15) is 0 Å². The average Bonchev–Trinajstić information content (AvgIpc) is 2.79. The van der Waals surface area contributed by atoms with Crippen molar-refractivity contribution >= 4 is 33.2 Å². The zero-order valence-electron chi connectivity index (χ0n) is 20.2. The van der Waals surface area contributed by atoms with Gasteiger partial charge < -0.3 is 4.90 Å². The van der Waals surface area contributed by atoms with E-state index in [1.165, 1.54) is 4.31 Å². The van der Waals surface area contributed by atoms with E-state index in [1.54, 1.807) is 72.8 Å². The topological polar surface area (TPSA) is 57.7 Å². The van der Waals surface area contributed by atoms with Crippen LogP contribution in [0.4, 0.5) is 5.69 Å². The van der Waals surface area contributed by atoms with Gasteiger partial charge in [0.05, 0.1) is 17.1 Å². The Balaban J connectivity index is 1.99. The molecule has 0 unspecified atom stereocenters. The van der Waals surface area contributed by atoms with Crippen LogP contribution in [0.1, 0.15) is 49.2 Å². The van der Waals surface area contributed by atoms with Gasteiger partial charge in [0.25, 0.3) is 15.9 Å². The summed E-state index contributed by atoms with van der Waals surface area (Å²) in [5.74, 6) is -0.0454. The maximum Gasteiger partial charge on any atom is 0.264 e. The molecular formula is C27H31ClN2O3S. The lowest BCUT2D eigenvalue weighted by Gasteiger charge is -2.31. The number of aryl methyl sites for hydroxylation is 1. The Hall–Kier alpha value is -2.83. The molecule has 0 radical (unpaired) electrons. The lowest BCUT2D eigenvalue weighted by Crippen LogP contribution is -2.42. The highest BCUT2D eigenvalue weighted by Crippen LogP contribution is 2.31. The minimum Gasteiger partial charge on any atom is -0.334 e. The van der Waals surface area contributed by atoms with Crippen LogP contribution in [0.25, 0.3) is 0 Å². The smallest absolute Gasteiger partial charge is 0.264 e. The summed E-state index contributed by atoms with van der Waals surface area (Å²) in [4.78, 5) is 15.0. The van der Waals surface area contributed by atoms with Gasteiger partial charge in [-0.3, -0.25) is 9.10 Å². The molecule has 0 aromatic heterocycles. The summed E-state index contributed by atoms with van der Waals surface area (Å²) in [6.45, 7) is 9.92. The predicted molar refractivity (Wildman–Crippen MR) is 139 cm³/mol. The van der Waals surface area contributed by atoms with Gasteiger partial charge in [-0.25, -0.2) is 8.42 Å². The van der Waals surface area contributed by atoms with E-state index >= 15 is 0 Å². The van der Waals surface area contributed by atoms with Crippen molar-refractivity contribution in [3.8, 4) is 0 Å². The fourth-order valence-corrected chi connectivity index (χ4v) is 5.70. The number of hydrogen-bond donors (Lipinski definition) is 0. The van der Waals surface area contributed by atoms with Crippen molar-refractivity contribution in [1.82, 2.24) is 4.90 Å². The molecule has 0 spiro atoms. The normalized spacial score (nSPS) is 11.6. The van der Waals surface area contributed by atoms with Gasteiger partial charge in [-0.15, -0.1) is 0 Å². The van der Waals surface area contributed by atoms with E-state index in [0.29, 0.717) is 16.3 Å². The first-order valence-electron chi connectivity index (χ1n) is 11.3. The first-order valence-corrected chi connectivity index (χ1v) is 13.1. The molecule has 5 nitrogen and oxygen atoms in total. The molecule has 0 aliphatic carbocycles. The third kappa shape index (κ3) is 5.62. The Morgan fingerprint density at radius 3 is 2.03 bits per heavy atom. The molecule has 0 fully saturated rings. The van der Waals surface area contributed by atoms with Crippen LogP contribution in [-0.2, 0) is 16.6 Å². The lowest BCUT2D eigenvalue weighted by molar-refractivity contribution is 0.0643. The molecule has 3 aromatic rings. The fourth-order valence-electron chi connectivity index (χ4n) is 4.00. The van der Waals surface area contributed by atoms with E-state index in [4.69, 9.17) is 11.6 Å². The van der Waals surface area contributed by atoms with Crippen LogP contribution in [0, 0.1) is 6.92 Å². The summed E-state index contributed by atoms with van der Waals surface area (Å²) in [6.07, 6.45) is 0. The standard InChI is InChI=1S/C27H31ClN2O3S/c1-19(2)30(20(3)4)27(31)23-14-12-22(13-15-23)18-29(26-17-24(28)16-11-21(26)5)34(32,33)25-9-7-6-8-10-25/h6-17,19-20H,18H2,1-5H3. The number of carbonyl (C=O) groups is 1. The van der Waals surface area contributed by atoms with Crippen molar-refractivity contribution in [2.24, 2.45) is 0 Å². The van der Waals surface area contributed by atoms with Gasteiger partial charge in [0, 0.05) is 22.7 Å². The molecule has 0 aliphatic heterocycles. The van der Waals surface area contributed by atoms with E-state index in [-0.39, 0.29) is 29.4 Å². The quantitative estimate of drug-likeness (QED) is 0.366. The first-order chi connectivity index (χ1) is 16.0. The largest absolute Gasteiger partial charge is 0.334 e. The van der Waals surface area contributed by atoms with Crippen molar-refractivity contribution in [1.29, 1.82) is 0 Å². The highest BCUT2D eigenvalue weighted by atomic mass is 35.5. The zero-order valence-corrected chi connectivity index (χ0v) is 21.8. The first kappa shape index (κ1) is 25.8. The van der Waals surface area contributed by atoms with Crippen molar-refractivity contribution in [3.05, 3.63) is 94.5 Å². The summed E-state index contributed by atoms with van der Waals surface area (Å²) >= 11 is 6.23. The van der Waals surface area contributed by atoms with Crippen LogP contribution < -0.4 is 4.31 Å². The van der Waals surface area contributed by atoms with Gasteiger partial charge in [-0.1, -0.05) is 48.0 Å². The Morgan fingerprint density at radius 2 is 1.47 bits per heavy atom. The number of benzene rings is 3. The maximum atomic E-state index is 13.6. The molecule has 0 aliphatic rings. The zero-order chi connectivity index (χ0) is 25.0. The van der Waals surface area contributed by atoms with Crippen molar-refractivity contribution in [3.63, 3.8) is 0 Å². The van der Waals surface area contributed by atoms with E-state index in [9.17, 15) is 13.2 Å². The van der Waals surface area contributed by atoms with Gasteiger partial charge in [0.2, 0.25) is 0 Å². The van der Waals surface area contributed by atoms with E-state index in [2.05, 4.69) is 0 Å². The second-order valence-corrected chi connectivity index (χ2v) is 11.2. The monoisotopic (exact) mass is 498 g/mol. The summed E-state index contributed by atoms with van der Waals surface area (Å²) in [5, 5.41) is 0.456. The van der Waals surface area contributed by atoms with Crippen LogP contribution in [0.5, 0.6) is 0 Å². The maximum absolute atomic E-state index is 13.6. The summed E-state index contributed by atoms with van der Waals surface area (Å²) in [5.41, 5.74) is 2.64. The highest BCUT2D eigenvalue weighted by Gasteiger charge is 2.27. The number of amides is 1. The molecule has 3 aromatic carbocycles. The van der Waals surface area contributed by atoms with E-state index in [0.717, 1.165) is 11.1 Å². The molecule has 0 heterocycles. The number of nitrogens with zero attached hydrogens (tertiary/aromatic N) is 2. The molecule has 0 saturated heterocycles. The molecule has 3 rings (SSSR count). The molecule has 34 heavy (non-hydrogen) atoms. The van der Waals surface area contributed by atoms with Gasteiger partial charge in [0.15, 0.2) is 0 Å². The molecule has 0 bridgehead atoms. The SMILES string of the molecule is Cc1ccc(Cl)cc1N(Cc1ccc(C(=O)N(C(C)C)C(C)C)cc1)S(=O)(=O)c1ccccc1. The van der Waals surface area contributed by atoms with Crippen molar-refractivity contribution in [2.75, 3.05) is 4.31 Å². The van der Waals surface area contributed by atoms with Crippen LogP contribution in [0.15, 0.2) is 77.7 Å². The Morgan fingerprint density at radius 1 is 0.882 bits per heavy atom. The Bertz CT molecular complexity index is 1230. The number of halogens is 1. The van der Waals surface area contributed by atoms with Crippen molar-refractivity contribution in [2.45, 2.75) is 58.1 Å². The Labute approximate surface area is 208 Å². The number of sulfonamides is 1. The van der Waals surface area contributed by atoms with Gasteiger partial charge in [-0.05, 0) is 82.1 Å². The molecular weight excluding hydrogens is 468 g/mol. The third-order valence-electron chi connectivity index (χ3n) is 5.65. The second-order valence-electron chi connectivity index (χ2n) is 8.85. The van der Waals surface area contributed by atoms with Crippen LogP contribution in [0.3, 0.4) is 0 Å². The van der Waals surface area contributed by atoms with Gasteiger partial charge >= 0.3 is 0 Å². The number of hydrogen-bond acceptors (Lipinski definition) is 3. The molecule has 0 N–H and O–H groups in total. The molecule has 1 amide bonds. The summed E-state index contributed by atoms with van der Waals surface area (Å²) in [7, 11) is -3.85. The molecule has 0 saturated carbocycles. The number of anilines is 1. The summed E-state index contributed by atoms with van der Waals surface area (Å²) < 4.78 is 28.6. The lowest BCUT2D eigenvalue weighted by atomic mass is 10.1. The Kier molecular flexibility index (Phi) is 8.05. The molecule has 180 valence electrons. The van der Waals surface area contributed by atoms with Gasteiger partial charge in [-0.2, -0.15) is 0 Å². The number of carbonyl (C=O) groups excluding carboxylic acids is 1. The third-order valence-corrected chi connectivity index (χ3v) is 7.65. The van der Waals surface area contributed by atoms with Crippen LogP contribution >= 0.6 is 11.6 Å². The predicted octanol–water partition coefficient (Wildman–Crippen LogP) is 6.30.